The van der Waals surface area contributed by atoms with Crippen LogP contribution in [0.4, 0.5) is 5.69 Å². The summed E-state index contributed by atoms with van der Waals surface area (Å²) in [7, 11) is 0. The lowest BCUT2D eigenvalue weighted by atomic mass is 9.98. The average molecular weight is 495 g/mol. The molecule has 0 radical (unpaired) electrons. The zero-order valence-corrected chi connectivity index (χ0v) is 21.2. The third-order valence-electron chi connectivity index (χ3n) is 7.36. The Labute approximate surface area is 217 Å². The zero-order valence-electron chi connectivity index (χ0n) is 20.4. The van der Waals surface area contributed by atoms with Gasteiger partial charge in [0.05, 0.1) is 17.8 Å². The van der Waals surface area contributed by atoms with Crippen molar-refractivity contribution in [3.05, 3.63) is 108 Å². The van der Waals surface area contributed by atoms with E-state index in [1.54, 1.807) is 0 Å². The first-order chi connectivity index (χ1) is 17.7. The third kappa shape index (κ3) is 4.37. The van der Waals surface area contributed by atoms with Gasteiger partial charge in [-0.1, -0.05) is 37.1 Å². The predicted molar refractivity (Wildman–Crippen MR) is 148 cm³/mol. The van der Waals surface area contributed by atoms with E-state index in [0.717, 1.165) is 28.4 Å². The van der Waals surface area contributed by atoms with Crippen molar-refractivity contribution in [3.63, 3.8) is 0 Å². The van der Waals surface area contributed by atoms with Crippen molar-refractivity contribution in [2.24, 2.45) is 0 Å². The van der Waals surface area contributed by atoms with Crippen molar-refractivity contribution in [2.45, 2.75) is 50.7 Å². The molecule has 6 rings (SSSR count). The number of rotatable bonds is 6. The van der Waals surface area contributed by atoms with E-state index in [9.17, 15) is 0 Å². The molecule has 5 nitrogen and oxygen atoms in total. The Morgan fingerprint density at radius 2 is 1.72 bits per heavy atom. The van der Waals surface area contributed by atoms with E-state index in [0.29, 0.717) is 11.2 Å². The number of para-hydroxylation sites is 1. The minimum Gasteiger partial charge on any atom is -0.457 e. The van der Waals surface area contributed by atoms with E-state index < -0.39 is 0 Å². The molecule has 1 saturated heterocycles. The molecular formula is C30H30N4OS. The van der Waals surface area contributed by atoms with Crippen LogP contribution < -0.4 is 15.0 Å². The average Bonchev–Trinajstić information content (AvgIpc) is 3.66. The van der Waals surface area contributed by atoms with Crippen LogP contribution in [-0.4, -0.2) is 14.7 Å². The number of thiocarbonyl (C=S) groups is 1. The fourth-order valence-electron chi connectivity index (χ4n) is 5.48. The molecular weight excluding hydrogens is 464 g/mol. The van der Waals surface area contributed by atoms with Crippen molar-refractivity contribution in [2.75, 3.05) is 4.90 Å². The Morgan fingerprint density at radius 1 is 0.944 bits per heavy atom. The summed E-state index contributed by atoms with van der Waals surface area (Å²) in [4.78, 5) is 6.90. The highest BCUT2D eigenvalue weighted by atomic mass is 32.1. The second kappa shape index (κ2) is 9.78. The van der Waals surface area contributed by atoms with Crippen molar-refractivity contribution >= 4 is 23.0 Å². The summed E-state index contributed by atoms with van der Waals surface area (Å²) >= 11 is 5.89. The number of anilines is 1. The fraction of sp³-hybridized carbons (Fsp3) is 0.267. The van der Waals surface area contributed by atoms with E-state index in [-0.39, 0.29) is 12.1 Å². The van der Waals surface area contributed by atoms with Crippen molar-refractivity contribution < 1.29 is 4.74 Å². The van der Waals surface area contributed by atoms with Gasteiger partial charge in [-0.3, -0.25) is 4.98 Å². The maximum absolute atomic E-state index is 6.14. The highest BCUT2D eigenvalue weighted by molar-refractivity contribution is 7.80. The summed E-state index contributed by atoms with van der Waals surface area (Å²) in [5.74, 6) is 1.67. The Bertz CT molecular complexity index is 1340. The van der Waals surface area contributed by atoms with Gasteiger partial charge in [-0.15, -0.1) is 0 Å². The van der Waals surface area contributed by atoms with E-state index in [1.807, 2.05) is 48.7 Å². The molecule has 1 saturated carbocycles. The second-order valence-corrected chi connectivity index (χ2v) is 10.1. The number of nitrogens with zero attached hydrogens (tertiary/aromatic N) is 3. The summed E-state index contributed by atoms with van der Waals surface area (Å²) in [5, 5.41) is 4.27. The van der Waals surface area contributed by atoms with Gasteiger partial charge in [-0.2, -0.15) is 0 Å². The minimum absolute atomic E-state index is 0.00168. The number of benzene rings is 2. The molecule has 1 aliphatic heterocycles. The number of ether oxygens (including phenoxy) is 1. The molecule has 2 atom stereocenters. The van der Waals surface area contributed by atoms with Crippen LogP contribution >= 0.6 is 12.2 Å². The van der Waals surface area contributed by atoms with Gasteiger partial charge < -0.3 is 19.5 Å². The third-order valence-corrected chi connectivity index (χ3v) is 7.67. The SMILES string of the molecule is Cc1ccccc1Oc1ccc(N2C(=S)NC(c3ccccn3)C2c2ccn(C3CCCC3)c2)cc1. The predicted octanol–water partition coefficient (Wildman–Crippen LogP) is 7.28. The van der Waals surface area contributed by atoms with Crippen LogP contribution in [0.15, 0.2) is 91.4 Å². The van der Waals surface area contributed by atoms with E-state index in [2.05, 4.69) is 69.4 Å². The molecule has 2 unspecified atom stereocenters. The molecule has 1 N–H and O–H groups in total. The smallest absolute Gasteiger partial charge is 0.174 e. The molecule has 2 aromatic carbocycles. The Balaban J connectivity index is 1.33. The van der Waals surface area contributed by atoms with Crippen LogP contribution in [-0.2, 0) is 0 Å². The lowest BCUT2D eigenvalue weighted by Gasteiger charge is -2.27. The summed E-state index contributed by atoms with van der Waals surface area (Å²) in [6.07, 6.45) is 11.5. The molecule has 36 heavy (non-hydrogen) atoms. The minimum atomic E-state index is -0.0407. The van der Waals surface area contributed by atoms with Gasteiger partial charge in [0.15, 0.2) is 5.11 Å². The van der Waals surface area contributed by atoms with Gasteiger partial charge >= 0.3 is 0 Å². The molecule has 0 amide bonds. The molecule has 3 heterocycles. The summed E-state index contributed by atoms with van der Waals surface area (Å²) in [5.41, 5.74) is 4.36. The van der Waals surface area contributed by atoms with Gasteiger partial charge in [-0.25, -0.2) is 0 Å². The molecule has 2 fully saturated rings. The van der Waals surface area contributed by atoms with Crippen molar-refractivity contribution in [1.29, 1.82) is 0 Å². The number of aryl methyl sites for hydroxylation is 1. The number of hydrogen-bond acceptors (Lipinski definition) is 3. The molecule has 0 bridgehead atoms. The molecule has 6 heteroatoms. The molecule has 0 spiro atoms. The largest absolute Gasteiger partial charge is 0.457 e. The van der Waals surface area contributed by atoms with Crippen LogP contribution in [0.1, 0.15) is 60.6 Å². The normalized spacial score (nSPS) is 20.0. The Morgan fingerprint density at radius 3 is 2.47 bits per heavy atom. The van der Waals surface area contributed by atoms with E-state index in [1.165, 1.54) is 31.2 Å². The van der Waals surface area contributed by atoms with Crippen LogP contribution in [0, 0.1) is 6.92 Å². The first-order valence-corrected chi connectivity index (χ1v) is 13.1. The lowest BCUT2D eigenvalue weighted by Crippen LogP contribution is -2.29. The van der Waals surface area contributed by atoms with Gasteiger partial charge in [0.1, 0.15) is 11.5 Å². The second-order valence-electron chi connectivity index (χ2n) is 9.69. The number of nitrogens with one attached hydrogen (secondary N) is 1. The van der Waals surface area contributed by atoms with Crippen LogP contribution in [0.25, 0.3) is 0 Å². The van der Waals surface area contributed by atoms with Gasteiger partial charge in [0, 0.05) is 30.3 Å². The Kier molecular flexibility index (Phi) is 6.20. The summed E-state index contributed by atoms with van der Waals surface area (Å²) < 4.78 is 8.53. The van der Waals surface area contributed by atoms with E-state index >= 15 is 0 Å². The highest BCUT2D eigenvalue weighted by Crippen LogP contribution is 2.43. The molecule has 182 valence electrons. The maximum Gasteiger partial charge on any atom is 0.174 e. The molecule has 2 aromatic heterocycles. The standard InChI is InChI=1S/C30H30N4OS/c1-21-8-2-5-12-27(21)35-25-15-13-24(14-16-25)34-29(22-17-19-33(20-22)23-9-3-4-10-23)28(32-30(34)36)26-11-6-7-18-31-26/h2,5-8,11-20,23,28-29H,3-4,9-10H2,1H3,(H,32,36). The topological polar surface area (TPSA) is 42.3 Å². The Hall–Kier alpha value is -3.64. The van der Waals surface area contributed by atoms with Crippen LogP contribution in [0.3, 0.4) is 0 Å². The van der Waals surface area contributed by atoms with Crippen LogP contribution in [0.2, 0.25) is 0 Å². The fourth-order valence-corrected chi connectivity index (χ4v) is 5.83. The maximum atomic E-state index is 6.14. The molecule has 2 aliphatic rings. The highest BCUT2D eigenvalue weighted by Gasteiger charge is 2.41. The van der Waals surface area contributed by atoms with Crippen molar-refractivity contribution in [3.8, 4) is 11.5 Å². The first kappa shape index (κ1) is 22.8. The number of pyridine rings is 1. The number of aromatic nitrogens is 2. The molecule has 1 aliphatic carbocycles. The van der Waals surface area contributed by atoms with Gasteiger partial charge in [0.2, 0.25) is 0 Å². The zero-order chi connectivity index (χ0) is 24.5. The summed E-state index contributed by atoms with van der Waals surface area (Å²) in [6.45, 7) is 2.05. The molecule has 4 aromatic rings. The quantitative estimate of drug-likeness (QED) is 0.285. The first-order valence-electron chi connectivity index (χ1n) is 12.7. The van der Waals surface area contributed by atoms with Crippen molar-refractivity contribution in [1.82, 2.24) is 14.9 Å². The van der Waals surface area contributed by atoms with Gasteiger partial charge in [-0.05, 0) is 91.6 Å². The number of hydrogen-bond donors (Lipinski definition) is 1. The van der Waals surface area contributed by atoms with E-state index in [4.69, 9.17) is 17.0 Å². The summed E-state index contributed by atoms with van der Waals surface area (Å²) in [6, 6.07) is 25.1. The lowest BCUT2D eigenvalue weighted by molar-refractivity contribution is 0.479. The monoisotopic (exact) mass is 494 g/mol. The van der Waals surface area contributed by atoms with Gasteiger partial charge in [0.25, 0.3) is 0 Å². The van der Waals surface area contributed by atoms with Crippen LogP contribution in [0.5, 0.6) is 11.5 Å².